The van der Waals surface area contributed by atoms with Gasteiger partial charge in [0.15, 0.2) is 0 Å². The van der Waals surface area contributed by atoms with E-state index in [1.807, 2.05) is 55.5 Å². The summed E-state index contributed by atoms with van der Waals surface area (Å²) >= 11 is 0. The average Bonchev–Trinajstić information content (AvgIpc) is 3.28. The molecule has 0 radical (unpaired) electrons. The second kappa shape index (κ2) is 11.8. The molecule has 192 valence electrons. The Morgan fingerprint density at radius 1 is 1.00 bits per heavy atom. The molecule has 0 fully saturated rings. The van der Waals surface area contributed by atoms with Crippen molar-refractivity contribution in [3.63, 3.8) is 0 Å². The Bertz CT molecular complexity index is 1350. The number of hydrogen-bond acceptors (Lipinski definition) is 4. The highest BCUT2D eigenvalue weighted by atomic mass is 19.1. The first-order valence-corrected chi connectivity index (χ1v) is 12.5. The molecular weight excluding hydrogens is 469 g/mol. The Morgan fingerprint density at radius 2 is 1.70 bits per heavy atom. The minimum atomic E-state index is -0.948. The van der Waals surface area contributed by atoms with Crippen LogP contribution in [0.1, 0.15) is 43.0 Å². The monoisotopic (exact) mass is 501 g/mol. The first-order chi connectivity index (χ1) is 17.8. The van der Waals surface area contributed by atoms with Crippen LogP contribution >= 0.6 is 0 Å². The average molecular weight is 502 g/mol. The third kappa shape index (κ3) is 6.58. The van der Waals surface area contributed by atoms with Crippen molar-refractivity contribution in [3.05, 3.63) is 95.3 Å². The molecule has 7 nitrogen and oxygen atoms in total. The maximum atomic E-state index is 13.9. The van der Waals surface area contributed by atoms with E-state index in [0.717, 1.165) is 23.1 Å². The van der Waals surface area contributed by atoms with E-state index in [1.165, 1.54) is 16.8 Å². The summed E-state index contributed by atoms with van der Waals surface area (Å²) in [6.07, 6.45) is 0.804. The van der Waals surface area contributed by atoms with Crippen LogP contribution in [0.2, 0.25) is 0 Å². The summed E-state index contributed by atoms with van der Waals surface area (Å²) in [4.78, 5) is 29.0. The van der Waals surface area contributed by atoms with E-state index in [4.69, 9.17) is 0 Å². The number of nitrogens with one attached hydrogen (secondary N) is 1. The number of aryl methyl sites for hydroxylation is 1. The quantitative estimate of drug-likeness (QED) is 0.338. The fourth-order valence-corrected chi connectivity index (χ4v) is 4.17. The molecule has 8 heteroatoms. The minimum absolute atomic E-state index is 0.0939. The third-order valence-corrected chi connectivity index (χ3v) is 6.27. The molecular formula is C29H32FN5O2. The van der Waals surface area contributed by atoms with E-state index >= 15 is 0 Å². The first kappa shape index (κ1) is 26.0. The van der Waals surface area contributed by atoms with Crippen LogP contribution in [0.3, 0.4) is 0 Å². The molecule has 0 bridgehead atoms. The summed E-state index contributed by atoms with van der Waals surface area (Å²) in [6, 6.07) is 20.0. The molecule has 37 heavy (non-hydrogen) atoms. The van der Waals surface area contributed by atoms with Gasteiger partial charge in [0.05, 0.1) is 5.52 Å². The van der Waals surface area contributed by atoms with Gasteiger partial charge in [0.1, 0.15) is 23.9 Å². The fourth-order valence-electron chi connectivity index (χ4n) is 4.17. The number of halogens is 1. The second-order valence-electron chi connectivity index (χ2n) is 9.67. The van der Waals surface area contributed by atoms with Gasteiger partial charge in [0.2, 0.25) is 11.8 Å². The van der Waals surface area contributed by atoms with Crippen molar-refractivity contribution >= 4 is 22.8 Å². The highest BCUT2D eigenvalue weighted by molar-refractivity contribution is 5.89. The van der Waals surface area contributed by atoms with Crippen LogP contribution in [0.25, 0.3) is 11.0 Å². The summed E-state index contributed by atoms with van der Waals surface area (Å²) < 4.78 is 15.3. The van der Waals surface area contributed by atoms with Gasteiger partial charge in [-0.25, -0.2) is 9.07 Å². The number of rotatable bonds is 10. The highest BCUT2D eigenvalue weighted by Gasteiger charge is 2.32. The van der Waals surface area contributed by atoms with Crippen molar-refractivity contribution in [2.24, 2.45) is 5.92 Å². The van der Waals surface area contributed by atoms with Gasteiger partial charge in [-0.2, -0.15) is 0 Å². The van der Waals surface area contributed by atoms with E-state index in [9.17, 15) is 14.0 Å². The lowest BCUT2D eigenvalue weighted by molar-refractivity contribution is -0.142. The maximum Gasteiger partial charge on any atom is 0.247 e. The first-order valence-electron chi connectivity index (χ1n) is 12.5. The van der Waals surface area contributed by atoms with Gasteiger partial charge in [-0.3, -0.25) is 9.59 Å². The number of carbonyl (C=O) groups excluding carboxylic acids is 2. The number of para-hydroxylation sites is 1. The molecule has 1 aromatic heterocycles. The number of amides is 2. The van der Waals surface area contributed by atoms with E-state index in [0.29, 0.717) is 23.5 Å². The van der Waals surface area contributed by atoms with Gasteiger partial charge in [-0.15, -0.1) is 5.10 Å². The summed E-state index contributed by atoms with van der Waals surface area (Å²) in [5.74, 6) is -0.607. The number of hydrogen-bond donors (Lipinski definition) is 1. The Labute approximate surface area is 216 Å². The van der Waals surface area contributed by atoms with E-state index in [2.05, 4.69) is 29.5 Å². The third-order valence-electron chi connectivity index (χ3n) is 6.27. The molecule has 0 aliphatic carbocycles. The molecule has 0 saturated carbocycles. The Hall–Kier alpha value is -4.07. The molecule has 1 N–H and O–H groups in total. The van der Waals surface area contributed by atoms with Crippen LogP contribution in [0.5, 0.6) is 0 Å². The van der Waals surface area contributed by atoms with Gasteiger partial charge < -0.3 is 10.2 Å². The predicted molar refractivity (Wildman–Crippen MR) is 141 cm³/mol. The van der Waals surface area contributed by atoms with Crippen molar-refractivity contribution < 1.29 is 14.0 Å². The lowest BCUT2D eigenvalue weighted by atomic mass is 10.0. The van der Waals surface area contributed by atoms with Gasteiger partial charge in [-0.1, -0.05) is 73.2 Å². The number of benzene rings is 3. The molecule has 4 aromatic rings. The Morgan fingerprint density at radius 3 is 2.41 bits per heavy atom. The number of aromatic nitrogens is 3. The number of carbonyl (C=O) groups is 2. The van der Waals surface area contributed by atoms with Crippen LogP contribution < -0.4 is 5.32 Å². The lowest BCUT2D eigenvalue weighted by Crippen LogP contribution is -2.45. The zero-order valence-corrected chi connectivity index (χ0v) is 21.4. The molecule has 4 rings (SSSR count). The van der Waals surface area contributed by atoms with Crippen molar-refractivity contribution in [2.45, 2.75) is 46.3 Å². The number of fused-ring (bicyclic) bond motifs is 1. The molecule has 0 saturated heterocycles. The smallest absolute Gasteiger partial charge is 0.247 e. The summed E-state index contributed by atoms with van der Waals surface area (Å²) in [6.45, 7) is 6.74. The van der Waals surface area contributed by atoms with Gasteiger partial charge >= 0.3 is 0 Å². The Balaban J connectivity index is 1.71. The van der Waals surface area contributed by atoms with Gasteiger partial charge in [0, 0.05) is 13.1 Å². The molecule has 0 spiro atoms. The normalized spacial score (nSPS) is 12.0. The topological polar surface area (TPSA) is 80.1 Å². The molecule has 0 aliphatic rings. The van der Waals surface area contributed by atoms with Crippen LogP contribution in [0, 0.1) is 18.7 Å². The zero-order valence-electron chi connectivity index (χ0n) is 21.4. The minimum Gasteiger partial charge on any atom is -0.354 e. The van der Waals surface area contributed by atoms with Crippen LogP contribution in [0.15, 0.2) is 72.8 Å². The fraction of sp³-hybridized carbons (Fsp3) is 0.310. The van der Waals surface area contributed by atoms with Crippen molar-refractivity contribution in [1.29, 1.82) is 0 Å². The molecule has 1 atom stereocenters. The highest BCUT2D eigenvalue weighted by Crippen LogP contribution is 2.25. The van der Waals surface area contributed by atoms with E-state index in [-0.39, 0.29) is 24.9 Å². The molecule has 1 heterocycles. The van der Waals surface area contributed by atoms with E-state index in [1.54, 1.807) is 17.0 Å². The van der Waals surface area contributed by atoms with Crippen LogP contribution in [-0.2, 0) is 22.7 Å². The lowest BCUT2D eigenvalue weighted by Gasteiger charge is -2.32. The van der Waals surface area contributed by atoms with Crippen molar-refractivity contribution in [2.75, 3.05) is 6.54 Å². The van der Waals surface area contributed by atoms with Crippen LogP contribution in [-0.4, -0.2) is 38.3 Å². The predicted octanol–water partition coefficient (Wildman–Crippen LogP) is 4.81. The van der Waals surface area contributed by atoms with Gasteiger partial charge in [-0.05, 0) is 54.7 Å². The molecule has 0 aliphatic heterocycles. The van der Waals surface area contributed by atoms with Crippen LogP contribution in [0.4, 0.5) is 4.39 Å². The maximum absolute atomic E-state index is 13.9. The Kier molecular flexibility index (Phi) is 8.28. The zero-order chi connectivity index (χ0) is 26.4. The molecule has 2 amide bonds. The molecule has 0 unspecified atom stereocenters. The standard InChI is InChI=1S/C29H32FN5O2/c1-20(2)16-17-31-29(37)28(23-12-14-24(30)15-13-23)34(18-22-10-8-21(3)9-11-22)27(36)19-35-26-7-5-4-6-25(26)32-33-35/h4-15,20,28H,16-19H2,1-3H3,(H,31,37)/t28-/m0/s1. The second-order valence-corrected chi connectivity index (χ2v) is 9.67. The van der Waals surface area contributed by atoms with Gasteiger partial charge in [0.25, 0.3) is 0 Å². The summed E-state index contributed by atoms with van der Waals surface area (Å²) in [5, 5.41) is 11.3. The van der Waals surface area contributed by atoms with E-state index < -0.39 is 11.9 Å². The largest absolute Gasteiger partial charge is 0.354 e. The van der Waals surface area contributed by atoms with Crippen molar-refractivity contribution in [1.82, 2.24) is 25.2 Å². The summed E-state index contributed by atoms with van der Waals surface area (Å²) in [5.41, 5.74) is 3.92. The SMILES string of the molecule is Cc1ccc(CN(C(=O)Cn2nnc3ccccc32)[C@H](C(=O)NCCC(C)C)c2ccc(F)cc2)cc1. The number of nitrogens with zero attached hydrogens (tertiary/aromatic N) is 4. The van der Waals surface area contributed by atoms with Crippen molar-refractivity contribution in [3.8, 4) is 0 Å². The molecule has 3 aromatic carbocycles. The summed E-state index contributed by atoms with van der Waals surface area (Å²) in [7, 11) is 0.